The van der Waals surface area contributed by atoms with Gasteiger partial charge in [-0.2, -0.15) is 4.37 Å². The molecule has 2 heterocycles. The average Bonchev–Trinajstić information content (AvgIpc) is 3.10. The Morgan fingerprint density at radius 3 is 2.64 bits per heavy atom. The zero-order chi connectivity index (χ0) is 18.1. The molecule has 0 amide bonds. The summed E-state index contributed by atoms with van der Waals surface area (Å²) in [6.07, 6.45) is 1.22. The van der Waals surface area contributed by atoms with Crippen LogP contribution in [0.2, 0.25) is 0 Å². The monoisotopic (exact) mass is 368 g/mol. The number of ether oxygens (including phenoxy) is 2. The Morgan fingerprint density at radius 1 is 1.32 bits per heavy atom. The normalized spacial score (nSPS) is 27.0. The molecule has 2 aliphatic rings. The van der Waals surface area contributed by atoms with Crippen LogP contribution in [0.15, 0.2) is 0 Å². The molecule has 7 heteroatoms. The van der Waals surface area contributed by atoms with Gasteiger partial charge in [0.2, 0.25) is 5.82 Å². The van der Waals surface area contributed by atoms with Gasteiger partial charge in [-0.25, -0.2) is 0 Å². The maximum Gasteiger partial charge on any atom is 0.270 e. The Balaban J connectivity index is 1.63. The highest BCUT2D eigenvalue weighted by Gasteiger charge is 2.56. The molecule has 1 saturated carbocycles. The molecule has 3 rings (SSSR count). The predicted octanol–water partition coefficient (Wildman–Crippen LogP) is 2.80. The van der Waals surface area contributed by atoms with Gasteiger partial charge in [0, 0.05) is 30.6 Å². The molecule has 1 aromatic rings. The van der Waals surface area contributed by atoms with E-state index in [2.05, 4.69) is 53.6 Å². The third kappa shape index (κ3) is 4.63. The van der Waals surface area contributed by atoms with Gasteiger partial charge in [-0.1, -0.05) is 13.8 Å². The van der Waals surface area contributed by atoms with Crippen LogP contribution < -0.4 is 15.0 Å². The summed E-state index contributed by atoms with van der Waals surface area (Å²) in [5.41, 5.74) is 0.339. The lowest BCUT2D eigenvalue weighted by atomic mass is 9.96. The van der Waals surface area contributed by atoms with Gasteiger partial charge in [0.15, 0.2) is 0 Å². The molecule has 0 radical (unpaired) electrons. The standard InChI is InChI=1S/C18H32N4O2S/c1-13(2)14-10-18(14,11-19-17(3,4)5)12-24-16-15(20-25-21-16)22-6-8-23-9-7-22/h13-14,19H,6-12H2,1-5H3. The highest BCUT2D eigenvalue weighted by atomic mass is 32.1. The van der Waals surface area contributed by atoms with E-state index in [-0.39, 0.29) is 11.0 Å². The second-order valence-corrected chi connectivity index (χ2v) is 9.33. The second-order valence-electron chi connectivity index (χ2n) is 8.80. The highest BCUT2D eigenvalue weighted by Crippen LogP contribution is 2.56. The molecule has 2 fully saturated rings. The Labute approximate surface area is 155 Å². The molecule has 1 aliphatic carbocycles. The summed E-state index contributed by atoms with van der Waals surface area (Å²) in [5, 5.41) is 3.68. The molecule has 6 nitrogen and oxygen atoms in total. The third-order valence-corrected chi connectivity index (χ3v) is 5.78. The number of rotatable bonds is 7. The molecule has 1 saturated heterocycles. The minimum absolute atomic E-state index is 0.123. The fourth-order valence-corrected chi connectivity index (χ4v) is 4.15. The summed E-state index contributed by atoms with van der Waals surface area (Å²) in [4.78, 5) is 2.22. The maximum absolute atomic E-state index is 6.22. The van der Waals surface area contributed by atoms with Crippen LogP contribution in [0.5, 0.6) is 5.88 Å². The predicted molar refractivity (Wildman–Crippen MR) is 102 cm³/mol. The average molecular weight is 369 g/mol. The van der Waals surface area contributed by atoms with E-state index in [1.807, 2.05) is 0 Å². The van der Waals surface area contributed by atoms with Crippen molar-refractivity contribution in [3.8, 4) is 5.88 Å². The second kappa shape index (κ2) is 7.37. The molecule has 142 valence electrons. The molecule has 0 bridgehead atoms. The van der Waals surface area contributed by atoms with Gasteiger partial charge in [-0.05, 0) is 39.0 Å². The van der Waals surface area contributed by atoms with Crippen LogP contribution in [0.1, 0.15) is 41.0 Å². The van der Waals surface area contributed by atoms with E-state index in [1.54, 1.807) is 0 Å². The Kier molecular flexibility index (Phi) is 5.56. The zero-order valence-corrected chi connectivity index (χ0v) is 17.0. The maximum atomic E-state index is 6.22. The SMILES string of the molecule is CC(C)C1CC1(CNC(C)(C)C)COc1nsnc1N1CCOCC1. The molecule has 1 aromatic heterocycles. The molecule has 1 N–H and O–H groups in total. The van der Waals surface area contributed by atoms with Crippen molar-refractivity contribution in [2.75, 3.05) is 44.4 Å². The molecule has 2 unspecified atom stereocenters. The van der Waals surface area contributed by atoms with Gasteiger partial charge < -0.3 is 19.7 Å². The summed E-state index contributed by atoms with van der Waals surface area (Å²) >= 11 is 1.23. The first-order valence-electron chi connectivity index (χ1n) is 9.34. The minimum Gasteiger partial charge on any atom is -0.474 e. The fourth-order valence-electron chi connectivity index (χ4n) is 3.63. The molecule has 0 aromatic carbocycles. The van der Waals surface area contributed by atoms with Crippen molar-refractivity contribution in [3.05, 3.63) is 0 Å². The van der Waals surface area contributed by atoms with Gasteiger partial charge in [-0.3, -0.25) is 0 Å². The molecule has 2 atom stereocenters. The Hall–Kier alpha value is -0.920. The van der Waals surface area contributed by atoms with Crippen molar-refractivity contribution >= 4 is 17.5 Å². The van der Waals surface area contributed by atoms with Crippen LogP contribution in [0.25, 0.3) is 0 Å². The topological polar surface area (TPSA) is 59.5 Å². The van der Waals surface area contributed by atoms with Crippen LogP contribution in [-0.2, 0) is 4.74 Å². The largest absolute Gasteiger partial charge is 0.474 e. The van der Waals surface area contributed by atoms with E-state index in [4.69, 9.17) is 9.47 Å². The molecular formula is C18H32N4O2S. The number of nitrogens with one attached hydrogen (secondary N) is 1. The van der Waals surface area contributed by atoms with E-state index >= 15 is 0 Å². The summed E-state index contributed by atoms with van der Waals surface area (Å²) in [5.74, 6) is 2.96. The Bertz CT molecular complexity index is 566. The summed E-state index contributed by atoms with van der Waals surface area (Å²) in [7, 11) is 0. The lowest BCUT2D eigenvalue weighted by molar-refractivity contribution is 0.121. The van der Waals surface area contributed by atoms with Crippen molar-refractivity contribution in [1.82, 2.24) is 14.1 Å². The number of aromatic nitrogens is 2. The van der Waals surface area contributed by atoms with E-state index in [1.165, 1.54) is 18.1 Å². The number of anilines is 1. The first kappa shape index (κ1) is 18.9. The zero-order valence-electron chi connectivity index (χ0n) is 16.2. The van der Waals surface area contributed by atoms with Gasteiger partial charge in [0.05, 0.1) is 31.5 Å². The van der Waals surface area contributed by atoms with Gasteiger partial charge >= 0.3 is 0 Å². The van der Waals surface area contributed by atoms with Gasteiger partial charge in [0.25, 0.3) is 5.88 Å². The Morgan fingerprint density at radius 2 is 2.04 bits per heavy atom. The van der Waals surface area contributed by atoms with Crippen molar-refractivity contribution in [3.63, 3.8) is 0 Å². The molecule has 0 spiro atoms. The lowest BCUT2D eigenvalue weighted by Gasteiger charge is -2.28. The summed E-state index contributed by atoms with van der Waals surface area (Å²) in [6.45, 7) is 16.2. The van der Waals surface area contributed by atoms with Crippen molar-refractivity contribution in [1.29, 1.82) is 0 Å². The van der Waals surface area contributed by atoms with Crippen molar-refractivity contribution in [2.45, 2.75) is 46.6 Å². The number of morpholine rings is 1. The summed E-state index contributed by atoms with van der Waals surface area (Å²) < 4.78 is 20.5. The highest BCUT2D eigenvalue weighted by molar-refractivity contribution is 6.99. The van der Waals surface area contributed by atoms with Crippen LogP contribution in [0.3, 0.4) is 0 Å². The van der Waals surface area contributed by atoms with E-state index in [9.17, 15) is 0 Å². The van der Waals surface area contributed by atoms with Crippen LogP contribution in [0.4, 0.5) is 5.82 Å². The molecule has 25 heavy (non-hydrogen) atoms. The van der Waals surface area contributed by atoms with Crippen molar-refractivity contribution < 1.29 is 9.47 Å². The smallest absolute Gasteiger partial charge is 0.270 e. The minimum atomic E-state index is 0.123. The molecular weight excluding hydrogens is 336 g/mol. The van der Waals surface area contributed by atoms with Gasteiger partial charge in [0.1, 0.15) is 0 Å². The van der Waals surface area contributed by atoms with Crippen LogP contribution in [-0.4, -0.2) is 53.7 Å². The van der Waals surface area contributed by atoms with E-state index in [0.717, 1.165) is 38.7 Å². The molecule has 1 aliphatic heterocycles. The fraction of sp³-hybridized carbons (Fsp3) is 0.889. The van der Waals surface area contributed by atoms with Crippen LogP contribution >= 0.6 is 11.7 Å². The summed E-state index contributed by atoms with van der Waals surface area (Å²) in [6, 6.07) is 0. The van der Waals surface area contributed by atoms with E-state index < -0.39 is 0 Å². The lowest BCUT2D eigenvalue weighted by Crippen LogP contribution is -2.42. The van der Waals surface area contributed by atoms with E-state index in [0.29, 0.717) is 24.3 Å². The van der Waals surface area contributed by atoms with Crippen molar-refractivity contribution in [2.24, 2.45) is 17.3 Å². The first-order chi connectivity index (χ1) is 11.8. The third-order valence-electron chi connectivity index (χ3n) is 5.28. The quantitative estimate of drug-likeness (QED) is 0.799. The van der Waals surface area contributed by atoms with Crippen LogP contribution in [0, 0.1) is 17.3 Å². The van der Waals surface area contributed by atoms with Gasteiger partial charge in [-0.15, -0.1) is 4.37 Å². The number of hydrogen-bond donors (Lipinski definition) is 1. The first-order valence-corrected chi connectivity index (χ1v) is 10.1. The number of nitrogens with zero attached hydrogens (tertiary/aromatic N) is 3. The number of hydrogen-bond acceptors (Lipinski definition) is 7.